The van der Waals surface area contributed by atoms with Crippen LogP contribution in [0.15, 0.2) is 4.90 Å². The summed E-state index contributed by atoms with van der Waals surface area (Å²) in [4.78, 5) is 0.0472. The zero-order valence-corrected chi connectivity index (χ0v) is 8.87. The van der Waals surface area contributed by atoms with Gasteiger partial charge in [0, 0.05) is 0 Å². The molecule has 0 saturated carbocycles. The van der Waals surface area contributed by atoms with Gasteiger partial charge in [0.25, 0.3) is 0 Å². The second-order valence-corrected chi connectivity index (χ2v) is 4.49. The third kappa shape index (κ3) is 1.94. The normalized spacial score (nSPS) is 12.0. The molecule has 0 spiro atoms. The topological polar surface area (TPSA) is 98.2 Å². The molecule has 0 bridgehead atoms. The number of primary sulfonamides is 1. The van der Waals surface area contributed by atoms with E-state index in [1.54, 1.807) is 13.8 Å². The summed E-state index contributed by atoms with van der Waals surface area (Å²) in [7, 11) is -3.73. The Morgan fingerprint density at radius 1 is 1.50 bits per heavy atom. The summed E-state index contributed by atoms with van der Waals surface area (Å²) >= 11 is 0. The largest absolute Gasteiger partial charge is 0.394 e. The molecule has 80 valence electrons. The highest BCUT2D eigenvalue weighted by molar-refractivity contribution is 7.89. The Bertz CT molecular complexity index is 435. The minimum Gasteiger partial charge on any atom is -0.394 e. The molecule has 0 atom stereocenters. The van der Waals surface area contributed by atoms with Crippen molar-refractivity contribution in [3.05, 3.63) is 11.4 Å². The average Bonchev–Trinajstić information content (AvgIpc) is 2.26. The van der Waals surface area contributed by atoms with E-state index >= 15 is 0 Å². The van der Waals surface area contributed by atoms with Gasteiger partial charge in [-0.1, -0.05) is 0 Å². The molecule has 14 heavy (non-hydrogen) atoms. The Morgan fingerprint density at radius 3 is 2.43 bits per heavy atom. The molecule has 0 aliphatic heterocycles. The number of hydrogen-bond acceptors (Lipinski definition) is 4. The van der Waals surface area contributed by atoms with Crippen LogP contribution in [0.3, 0.4) is 0 Å². The van der Waals surface area contributed by atoms with Crippen LogP contribution in [0.4, 0.5) is 0 Å². The quantitative estimate of drug-likeness (QED) is 0.691. The SMILES string of the molecule is Cc1nn(CCO)c(C)c1S(N)(=O)=O. The Balaban J connectivity index is 3.32. The fraction of sp³-hybridized carbons (Fsp3) is 0.571. The summed E-state index contributed by atoms with van der Waals surface area (Å²) in [5.74, 6) is 0. The molecule has 6 nitrogen and oxygen atoms in total. The highest BCUT2D eigenvalue weighted by Crippen LogP contribution is 2.17. The maximum absolute atomic E-state index is 11.2. The first-order valence-electron chi connectivity index (χ1n) is 4.05. The number of aryl methyl sites for hydroxylation is 1. The molecule has 1 heterocycles. The maximum atomic E-state index is 11.2. The van der Waals surface area contributed by atoms with E-state index in [1.807, 2.05) is 0 Å². The molecule has 7 heteroatoms. The van der Waals surface area contributed by atoms with E-state index in [-0.39, 0.29) is 18.0 Å². The van der Waals surface area contributed by atoms with Gasteiger partial charge >= 0.3 is 0 Å². The standard InChI is InChI=1S/C7H13N3O3S/c1-5-7(14(8,12)13)6(2)10(9-5)3-4-11/h11H,3-4H2,1-2H3,(H2,8,12,13). The fourth-order valence-electron chi connectivity index (χ4n) is 1.40. The lowest BCUT2D eigenvalue weighted by Gasteiger charge is -2.01. The van der Waals surface area contributed by atoms with Gasteiger partial charge in [0.1, 0.15) is 4.90 Å². The van der Waals surface area contributed by atoms with Crippen LogP contribution in [0.1, 0.15) is 11.4 Å². The van der Waals surface area contributed by atoms with Crippen molar-refractivity contribution in [2.24, 2.45) is 5.14 Å². The number of aliphatic hydroxyl groups is 1. The molecule has 1 rings (SSSR count). The number of nitrogens with two attached hydrogens (primary N) is 1. The molecule has 0 unspecified atom stereocenters. The Kier molecular flexibility index (Phi) is 2.93. The van der Waals surface area contributed by atoms with E-state index in [0.29, 0.717) is 11.4 Å². The van der Waals surface area contributed by atoms with Crippen molar-refractivity contribution in [1.29, 1.82) is 0 Å². The number of nitrogens with zero attached hydrogens (tertiary/aromatic N) is 2. The summed E-state index contributed by atoms with van der Waals surface area (Å²) in [6.07, 6.45) is 0. The molecule has 0 saturated heterocycles. The molecule has 0 amide bonds. The van der Waals surface area contributed by atoms with Crippen molar-refractivity contribution in [3.8, 4) is 0 Å². The van der Waals surface area contributed by atoms with E-state index in [9.17, 15) is 8.42 Å². The molecule has 3 N–H and O–H groups in total. The van der Waals surface area contributed by atoms with Crippen molar-refractivity contribution < 1.29 is 13.5 Å². The lowest BCUT2D eigenvalue weighted by atomic mass is 10.4. The fourth-order valence-corrected chi connectivity index (χ4v) is 2.37. The third-order valence-corrected chi connectivity index (χ3v) is 3.07. The number of hydrogen-bond donors (Lipinski definition) is 2. The zero-order chi connectivity index (χ0) is 10.9. The molecule has 0 fully saturated rings. The van der Waals surface area contributed by atoms with Gasteiger partial charge in [0.2, 0.25) is 10.0 Å². The zero-order valence-electron chi connectivity index (χ0n) is 8.06. The highest BCUT2D eigenvalue weighted by Gasteiger charge is 2.20. The number of aromatic nitrogens is 2. The Hall–Kier alpha value is -0.920. The molecule has 1 aromatic rings. The van der Waals surface area contributed by atoms with E-state index in [1.165, 1.54) is 4.68 Å². The summed E-state index contributed by atoms with van der Waals surface area (Å²) in [5.41, 5.74) is 0.817. The van der Waals surface area contributed by atoms with E-state index in [4.69, 9.17) is 10.2 Å². The molecule has 1 aromatic heterocycles. The second kappa shape index (κ2) is 3.68. The van der Waals surface area contributed by atoms with Gasteiger partial charge in [-0.2, -0.15) is 5.10 Å². The average molecular weight is 219 g/mol. The molecular formula is C7H13N3O3S. The van der Waals surface area contributed by atoms with Gasteiger partial charge in [-0.05, 0) is 13.8 Å². The van der Waals surface area contributed by atoms with Gasteiger partial charge in [-0.3, -0.25) is 4.68 Å². The molecule has 0 aliphatic rings. The third-order valence-electron chi connectivity index (χ3n) is 1.91. The minimum absolute atomic E-state index is 0.0472. The van der Waals surface area contributed by atoms with Crippen LogP contribution < -0.4 is 5.14 Å². The van der Waals surface area contributed by atoms with Crippen LogP contribution in [0.5, 0.6) is 0 Å². The first-order valence-corrected chi connectivity index (χ1v) is 5.60. The Morgan fingerprint density at radius 2 is 2.07 bits per heavy atom. The van der Waals surface area contributed by atoms with Crippen LogP contribution in [-0.4, -0.2) is 29.9 Å². The predicted octanol–water partition coefficient (Wildman–Crippen LogP) is -0.860. The van der Waals surface area contributed by atoms with Crippen molar-refractivity contribution in [3.63, 3.8) is 0 Å². The summed E-state index contributed by atoms with van der Waals surface area (Å²) < 4.78 is 23.7. The van der Waals surface area contributed by atoms with Crippen molar-refractivity contribution in [2.45, 2.75) is 25.3 Å². The van der Waals surface area contributed by atoms with E-state index in [2.05, 4.69) is 5.10 Å². The van der Waals surface area contributed by atoms with Crippen LogP contribution >= 0.6 is 0 Å². The number of aliphatic hydroxyl groups excluding tert-OH is 1. The monoisotopic (exact) mass is 219 g/mol. The first-order chi connectivity index (χ1) is 6.38. The van der Waals surface area contributed by atoms with E-state index < -0.39 is 10.0 Å². The maximum Gasteiger partial charge on any atom is 0.241 e. The minimum atomic E-state index is -3.73. The van der Waals surface area contributed by atoms with Crippen LogP contribution in [0.25, 0.3) is 0 Å². The lowest BCUT2D eigenvalue weighted by Crippen LogP contribution is -2.14. The number of rotatable bonds is 3. The van der Waals surface area contributed by atoms with Crippen LogP contribution in [-0.2, 0) is 16.6 Å². The first kappa shape index (κ1) is 11.2. The van der Waals surface area contributed by atoms with Gasteiger partial charge in [-0.25, -0.2) is 13.6 Å². The highest BCUT2D eigenvalue weighted by atomic mass is 32.2. The smallest absolute Gasteiger partial charge is 0.241 e. The van der Waals surface area contributed by atoms with Gasteiger partial charge in [0.15, 0.2) is 0 Å². The van der Waals surface area contributed by atoms with E-state index in [0.717, 1.165) is 0 Å². The molecule has 0 radical (unpaired) electrons. The summed E-state index contributed by atoms with van der Waals surface area (Å²) in [6.45, 7) is 3.35. The molecule has 0 aromatic carbocycles. The number of sulfonamides is 1. The summed E-state index contributed by atoms with van der Waals surface area (Å²) in [5, 5.41) is 17.7. The van der Waals surface area contributed by atoms with Crippen molar-refractivity contribution in [2.75, 3.05) is 6.61 Å². The van der Waals surface area contributed by atoms with Gasteiger partial charge in [0.05, 0.1) is 24.5 Å². The molecule has 0 aliphatic carbocycles. The lowest BCUT2D eigenvalue weighted by molar-refractivity contribution is 0.267. The van der Waals surface area contributed by atoms with Crippen molar-refractivity contribution in [1.82, 2.24) is 9.78 Å². The van der Waals surface area contributed by atoms with Gasteiger partial charge < -0.3 is 5.11 Å². The summed E-state index contributed by atoms with van der Waals surface area (Å²) in [6, 6.07) is 0. The van der Waals surface area contributed by atoms with Crippen LogP contribution in [0.2, 0.25) is 0 Å². The van der Waals surface area contributed by atoms with Crippen molar-refractivity contribution >= 4 is 10.0 Å². The van der Waals surface area contributed by atoms with Gasteiger partial charge in [-0.15, -0.1) is 0 Å². The Labute approximate surface area is 82.4 Å². The molecular weight excluding hydrogens is 206 g/mol. The van der Waals surface area contributed by atoms with Crippen LogP contribution in [0, 0.1) is 13.8 Å². The predicted molar refractivity (Wildman–Crippen MR) is 50.2 cm³/mol. The second-order valence-electron chi connectivity index (χ2n) is 2.99.